The van der Waals surface area contributed by atoms with Gasteiger partial charge in [-0.05, 0) is 29.8 Å². The standard InChI is InChI=1S/C18H11F3NO3/c1-2-12(13-9-10-22-16(13)17(24)25)15(23)8-7-11-5-3-4-6-14(11)18(19,20)21/h3,5-10,22H,1H2,(H,24,25)/b8-7+. The van der Waals surface area contributed by atoms with Crippen LogP contribution in [0.15, 0.2) is 48.8 Å². The minimum Gasteiger partial charge on any atom is -0.477 e. The van der Waals surface area contributed by atoms with E-state index in [0.29, 0.717) is 0 Å². The Labute approximate surface area is 140 Å². The van der Waals surface area contributed by atoms with Crippen molar-refractivity contribution < 1.29 is 27.9 Å². The lowest BCUT2D eigenvalue weighted by molar-refractivity contribution is -0.137. The number of ketones is 1. The van der Waals surface area contributed by atoms with Gasteiger partial charge < -0.3 is 10.1 Å². The van der Waals surface area contributed by atoms with Crippen LogP contribution in [-0.4, -0.2) is 21.8 Å². The molecule has 0 atom stereocenters. The lowest BCUT2D eigenvalue weighted by Crippen LogP contribution is -2.07. The molecular formula is C18H11F3NO3. The molecule has 0 saturated heterocycles. The number of aromatic nitrogens is 1. The predicted molar refractivity (Wildman–Crippen MR) is 84.6 cm³/mol. The Morgan fingerprint density at radius 1 is 1.32 bits per heavy atom. The van der Waals surface area contributed by atoms with Crippen molar-refractivity contribution in [2.45, 2.75) is 6.18 Å². The average molecular weight is 346 g/mol. The summed E-state index contributed by atoms with van der Waals surface area (Å²) < 4.78 is 38.8. The molecule has 0 fully saturated rings. The maximum absolute atomic E-state index is 12.9. The number of carbonyl (C=O) groups excluding carboxylic acids is 1. The first kappa shape index (κ1) is 18.0. The quantitative estimate of drug-likeness (QED) is 0.635. The smallest absolute Gasteiger partial charge is 0.417 e. The molecule has 1 aromatic carbocycles. The van der Waals surface area contributed by atoms with Crippen LogP contribution >= 0.6 is 0 Å². The highest BCUT2D eigenvalue weighted by atomic mass is 19.4. The molecule has 2 N–H and O–H groups in total. The Kier molecular flexibility index (Phi) is 5.10. The number of hydrogen-bond acceptors (Lipinski definition) is 2. The number of allylic oxidation sites excluding steroid dienone is 2. The third-order valence-electron chi connectivity index (χ3n) is 3.27. The Balaban J connectivity index is 2.36. The van der Waals surface area contributed by atoms with E-state index in [0.717, 1.165) is 18.2 Å². The number of nitrogens with one attached hydrogen (secondary N) is 1. The Morgan fingerprint density at radius 3 is 2.64 bits per heavy atom. The number of hydrogen-bond donors (Lipinski definition) is 2. The van der Waals surface area contributed by atoms with Crippen molar-refractivity contribution in [3.63, 3.8) is 0 Å². The summed E-state index contributed by atoms with van der Waals surface area (Å²) in [5.41, 5.74) is 0.840. The number of benzene rings is 1. The summed E-state index contributed by atoms with van der Waals surface area (Å²) in [5, 5.41) is 9.06. The summed E-state index contributed by atoms with van der Waals surface area (Å²) in [6.45, 7) is 3.34. The van der Waals surface area contributed by atoms with Crippen molar-refractivity contribution >= 4 is 23.4 Å². The van der Waals surface area contributed by atoms with E-state index >= 15 is 0 Å². The SMILES string of the molecule is C=C=C(C(=O)/C=C/c1cc[c]cc1C(F)(F)F)c1cc[nH]c1C(=O)O. The number of carboxylic acids is 1. The molecule has 1 heterocycles. The van der Waals surface area contributed by atoms with Crippen LogP contribution in [0.3, 0.4) is 0 Å². The van der Waals surface area contributed by atoms with E-state index in [1.165, 1.54) is 24.4 Å². The molecule has 4 nitrogen and oxygen atoms in total. The van der Waals surface area contributed by atoms with E-state index in [2.05, 4.69) is 23.4 Å². The molecule has 1 aromatic heterocycles. The Hall–Kier alpha value is -3.31. The van der Waals surface area contributed by atoms with Crippen LogP contribution in [0.1, 0.15) is 27.2 Å². The summed E-state index contributed by atoms with van der Waals surface area (Å²) in [6, 6.07) is 6.92. The number of rotatable bonds is 5. The van der Waals surface area contributed by atoms with Gasteiger partial charge in [-0.3, -0.25) is 4.79 Å². The van der Waals surface area contributed by atoms with Gasteiger partial charge in [0.25, 0.3) is 0 Å². The lowest BCUT2D eigenvalue weighted by atomic mass is 10.0. The number of halogens is 3. The number of H-pyrrole nitrogens is 1. The zero-order valence-corrected chi connectivity index (χ0v) is 12.6. The second kappa shape index (κ2) is 7.07. The molecule has 1 radical (unpaired) electrons. The first-order valence-electron chi connectivity index (χ1n) is 6.86. The number of alkyl halides is 3. The summed E-state index contributed by atoms with van der Waals surface area (Å²) >= 11 is 0. The van der Waals surface area contributed by atoms with Crippen molar-refractivity contribution in [2.75, 3.05) is 0 Å². The molecule has 0 amide bonds. The molecule has 2 rings (SSSR count). The molecule has 2 aromatic rings. The van der Waals surface area contributed by atoms with Gasteiger partial charge in [0.15, 0.2) is 5.78 Å². The van der Waals surface area contributed by atoms with Crippen LogP contribution in [0.5, 0.6) is 0 Å². The summed E-state index contributed by atoms with van der Waals surface area (Å²) in [5.74, 6) is -2.01. The molecule has 0 unspecified atom stereocenters. The molecule has 7 heteroatoms. The van der Waals surface area contributed by atoms with Crippen molar-refractivity contribution in [2.24, 2.45) is 0 Å². The third kappa shape index (κ3) is 3.97. The highest BCUT2D eigenvalue weighted by molar-refractivity contribution is 6.28. The number of carboxylic acid groups (broad SMARTS) is 1. The van der Waals surface area contributed by atoms with E-state index in [1.807, 2.05) is 0 Å². The number of aromatic carboxylic acids is 1. The Bertz CT molecular complexity index is 900. The van der Waals surface area contributed by atoms with Crippen LogP contribution < -0.4 is 0 Å². The van der Waals surface area contributed by atoms with E-state index in [4.69, 9.17) is 5.11 Å². The van der Waals surface area contributed by atoms with Gasteiger partial charge in [-0.25, -0.2) is 4.79 Å². The summed E-state index contributed by atoms with van der Waals surface area (Å²) in [6.07, 6.45) is -1.35. The minimum atomic E-state index is -4.59. The maximum Gasteiger partial charge on any atom is 0.417 e. The molecule has 0 aliphatic heterocycles. The van der Waals surface area contributed by atoms with E-state index < -0.39 is 23.5 Å². The monoisotopic (exact) mass is 346 g/mol. The molecule has 0 aliphatic rings. The fourth-order valence-corrected chi connectivity index (χ4v) is 2.15. The number of aromatic amines is 1. The highest BCUT2D eigenvalue weighted by Crippen LogP contribution is 2.32. The van der Waals surface area contributed by atoms with Gasteiger partial charge in [-0.2, -0.15) is 13.2 Å². The fraction of sp³-hybridized carbons (Fsp3) is 0.0556. The molecule has 0 spiro atoms. The van der Waals surface area contributed by atoms with E-state index in [9.17, 15) is 22.8 Å². The maximum atomic E-state index is 12.9. The molecule has 25 heavy (non-hydrogen) atoms. The minimum absolute atomic E-state index is 0.0505. The number of carbonyl (C=O) groups is 2. The molecular weight excluding hydrogens is 335 g/mol. The zero-order valence-electron chi connectivity index (χ0n) is 12.6. The van der Waals surface area contributed by atoms with Crippen LogP contribution in [0.25, 0.3) is 11.6 Å². The second-order valence-electron chi connectivity index (χ2n) is 4.83. The van der Waals surface area contributed by atoms with Gasteiger partial charge in [0.05, 0.1) is 11.1 Å². The van der Waals surface area contributed by atoms with Crippen molar-refractivity contribution in [3.8, 4) is 0 Å². The average Bonchev–Trinajstić information content (AvgIpc) is 3.02. The van der Waals surface area contributed by atoms with Crippen molar-refractivity contribution in [1.82, 2.24) is 4.98 Å². The van der Waals surface area contributed by atoms with Crippen LogP contribution in [0, 0.1) is 6.07 Å². The van der Waals surface area contributed by atoms with Gasteiger partial charge in [0.1, 0.15) is 5.69 Å². The second-order valence-corrected chi connectivity index (χ2v) is 4.83. The van der Waals surface area contributed by atoms with Gasteiger partial charge in [-0.15, -0.1) is 5.73 Å². The highest BCUT2D eigenvalue weighted by Gasteiger charge is 2.32. The molecule has 0 bridgehead atoms. The third-order valence-corrected chi connectivity index (χ3v) is 3.27. The summed E-state index contributed by atoms with van der Waals surface area (Å²) in [4.78, 5) is 25.8. The molecule has 127 valence electrons. The fourth-order valence-electron chi connectivity index (χ4n) is 2.15. The first-order chi connectivity index (χ1) is 11.8. The lowest BCUT2D eigenvalue weighted by Gasteiger charge is -2.09. The van der Waals surface area contributed by atoms with Gasteiger partial charge >= 0.3 is 12.1 Å². The van der Waals surface area contributed by atoms with Gasteiger partial charge in [0, 0.05) is 11.8 Å². The van der Waals surface area contributed by atoms with Crippen LogP contribution in [0.2, 0.25) is 0 Å². The molecule has 0 saturated carbocycles. The Morgan fingerprint density at radius 2 is 2.04 bits per heavy atom. The van der Waals surface area contributed by atoms with Gasteiger partial charge in [0.2, 0.25) is 0 Å². The summed E-state index contributed by atoms with van der Waals surface area (Å²) in [7, 11) is 0. The topological polar surface area (TPSA) is 70.2 Å². The zero-order chi connectivity index (χ0) is 18.6. The van der Waals surface area contributed by atoms with Crippen LogP contribution in [-0.2, 0) is 11.0 Å². The van der Waals surface area contributed by atoms with E-state index in [1.54, 1.807) is 0 Å². The normalized spacial score (nSPS) is 11.3. The van der Waals surface area contributed by atoms with Gasteiger partial charge in [-0.1, -0.05) is 24.8 Å². The largest absolute Gasteiger partial charge is 0.477 e. The van der Waals surface area contributed by atoms with E-state index in [-0.39, 0.29) is 22.4 Å². The van der Waals surface area contributed by atoms with Crippen molar-refractivity contribution in [1.29, 1.82) is 0 Å². The van der Waals surface area contributed by atoms with Crippen LogP contribution in [0.4, 0.5) is 13.2 Å². The predicted octanol–water partition coefficient (Wildman–Crippen LogP) is 3.98. The molecule has 0 aliphatic carbocycles. The van der Waals surface area contributed by atoms with Crippen molar-refractivity contribution in [3.05, 3.63) is 77.3 Å². The first-order valence-corrected chi connectivity index (χ1v) is 6.86.